The van der Waals surface area contributed by atoms with Crippen LogP contribution in [0.2, 0.25) is 0 Å². The molecule has 0 radical (unpaired) electrons. The van der Waals surface area contributed by atoms with E-state index in [-0.39, 0.29) is 11.5 Å². The van der Waals surface area contributed by atoms with Gasteiger partial charge in [0.15, 0.2) is 0 Å². The lowest BCUT2D eigenvalue weighted by Gasteiger charge is -2.32. The molecule has 5 heteroatoms. The second-order valence-electron chi connectivity index (χ2n) is 6.60. The number of nitrogens with two attached hydrogens (primary N) is 1. The van der Waals surface area contributed by atoms with E-state index in [0.717, 1.165) is 24.2 Å². The summed E-state index contributed by atoms with van der Waals surface area (Å²) in [4.78, 5) is 11.1. The van der Waals surface area contributed by atoms with Gasteiger partial charge in [0, 0.05) is 11.3 Å². The maximum absolute atomic E-state index is 11.1. The molecule has 1 atom stereocenters. The van der Waals surface area contributed by atoms with Crippen molar-refractivity contribution in [1.29, 1.82) is 0 Å². The first kappa shape index (κ1) is 18.1. The molecule has 124 valence electrons. The van der Waals surface area contributed by atoms with Crippen LogP contribution in [0.15, 0.2) is 18.2 Å². The molecule has 0 aliphatic rings. The molecule has 0 aliphatic heterocycles. The van der Waals surface area contributed by atoms with E-state index in [1.807, 2.05) is 32.9 Å². The molecule has 22 heavy (non-hydrogen) atoms. The molecular formula is C17H28N2O3. The number of carbonyl (C=O) groups is 1. The summed E-state index contributed by atoms with van der Waals surface area (Å²) < 4.78 is 5.95. The van der Waals surface area contributed by atoms with Crippen LogP contribution in [0, 0.1) is 5.41 Å². The van der Waals surface area contributed by atoms with Crippen LogP contribution < -0.4 is 15.8 Å². The standard InChI is InChI=1S/C17H28N2O3/c1-6-11(7-2)22-12-8-9-14(18)13(10-12)15(17(3,4)5)19-16(20)21/h8-11,15,19H,6-7,18H2,1-5H3,(H,20,21). The number of carboxylic acid groups (broad SMARTS) is 1. The average Bonchev–Trinajstić information content (AvgIpc) is 2.42. The van der Waals surface area contributed by atoms with E-state index in [0.29, 0.717) is 5.69 Å². The molecule has 1 aromatic rings. The number of hydrogen-bond donors (Lipinski definition) is 3. The van der Waals surface area contributed by atoms with Gasteiger partial charge < -0.3 is 20.9 Å². The SMILES string of the molecule is CCC(CC)Oc1ccc(N)c(C(NC(=O)O)C(C)(C)C)c1. The smallest absolute Gasteiger partial charge is 0.405 e. The Kier molecular flexibility index (Phi) is 6.09. The van der Waals surface area contributed by atoms with Gasteiger partial charge in [-0.3, -0.25) is 0 Å². The van der Waals surface area contributed by atoms with Crippen LogP contribution in [0.25, 0.3) is 0 Å². The predicted molar refractivity (Wildman–Crippen MR) is 89.2 cm³/mol. The third-order valence-corrected chi connectivity index (χ3v) is 3.72. The summed E-state index contributed by atoms with van der Waals surface area (Å²) in [6.45, 7) is 10.1. The first-order valence-corrected chi connectivity index (χ1v) is 7.74. The van der Waals surface area contributed by atoms with Gasteiger partial charge in [-0.1, -0.05) is 34.6 Å². The monoisotopic (exact) mass is 308 g/mol. The summed E-state index contributed by atoms with van der Waals surface area (Å²) >= 11 is 0. The summed E-state index contributed by atoms with van der Waals surface area (Å²) in [6, 6.07) is 5.04. The first-order chi connectivity index (χ1) is 10.2. The van der Waals surface area contributed by atoms with Crippen molar-refractivity contribution in [2.75, 3.05) is 5.73 Å². The number of anilines is 1. The zero-order chi connectivity index (χ0) is 16.9. The number of amides is 1. The van der Waals surface area contributed by atoms with Crippen LogP contribution in [0.4, 0.5) is 10.5 Å². The highest BCUT2D eigenvalue weighted by atomic mass is 16.5. The Hall–Kier alpha value is -1.91. The van der Waals surface area contributed by atoms with Crippen molar-refractivity contribution >= 4 is 11.8 Å². The maximum atomic E-state index is 11.1. The molecule has 0 saturated heterocycles. The average molecular weight is 308 g/mol. The van der Waals surface area contributed by atoms with Gasteiger partial charge >= 0.3 is 6.09 Å². The molecule has 0 spiro atoms. The Morgan fingerprint density at radius 1 is 1.32 bits per heavy atom. The lowest BCUT2D eigenvalue weighted by molar-refractivity contribution is 0.174. The third kappa shape index (κ3) is 4.83. The summed E-state index contributed by atoms with van der Waals surface area (Å²) in [5.74, 6) is 0.722. The van der Waals surface area contributed by atoms with E-state index in [2.05, 4.69) is 19.2 Å². The zero-order valence-corrected chi connectivity index (χ0v) is 14.1. The molecule has 5 nitrogen and oxygen atoms in total. The molecule has 1 aromatic carbocycles. The molecule has 0 heterocycles. The molecule has 0 aliphatic carbocycles. The molecular weight excluding hydrogens is 280 g/mol. The number of rotatable bonds is 6. The van der Waals surface area contributed by atoms with Crippen molar-refractivity contribution in [2.24, 2.45) is 5.41 Å². The second-order valence-corrected chi connectivity index (χ2v) is 6.60. The minimum Gasteiger partial charge on any atom is -0.490 e. The highest BCUT2D eigenvalue weighted by Crippen LogP contribution is 2.37. The summed E-state index contributed by atoms with van der Waals surface area (Å²) in [6.07, 6.45) is 0.932. The Bertz CT molecular complexity index is 505. The quantitative estimate of drug-likeness (QED) is 0.688. The van der Waals surface area contributed by atoms with E-state index >= 15 is 0 Å². The highest BCUT2D eigenvalue weighted by molar-refractivity contribution is 5.66. The molecule has 0 bridgehead atoms. The molecule has 1 unspecified atom stereocenters. The number of nitrogens with one attached hydrogen (secondary N) is 1. The number of hydrogen-bond acceptors (Lipinski definition) is 3. The summed E-state index contributed by atoms with van der Waals surface area (Å²) in [7, 11) is 0. The van der Waals surface area contributed by atoms with E-state index in [1.165, 1.54) is 0 Å². The van der Waals surface area contributed by atoms with Crippen molar-refractivity contribution in [3.8, 4) is 5.75 Å². The molecule has 0 saturated carbocycles. The number of nitrogen functional groups attached to an aromatic ring is 1. The molecule has 0 fully saturated rings. The normalized spacial score (nSPS) is 13.0. The van der Waals surface area contributed by atoms with Crippen molar-refractivity contribution in [3.63, 3.8) is 0 Å². The number of ether oxygens (including phenoxy) is 1. The maximum Gasteiger partial charge on any atom is 0.405 e. The number of benzene rings is 1. The fourth-order valence-electron chi connectivity index (χ4n) is 2.41. The van der Waals surface area contributed by atoms with Crippen LogP contribution in [-0.2, 0) is 0 Å². The van der Waals surface area contributed by atoms with E-state index in [9.17, 15) is 4.79 Å². The van der Waals surface area contributed by atoms with Gasteiger partial charge in [0.25, 0.3) is 0 Å². The Balaban J connectivity index is 3.17. The minimum absolute atomic E-state index is 0.150. The van der Waals surface area contributed by atoms with Crippen LogP contribution in [0.5, 0.6) is 5.75 Å². The molecule has 4 N–H and O–H groups in total. The third-order valence-electron chi connectivity index (χ3n) is 3.72. The molecule has 1 rings (SSSR count). The Morgan fingerprint density at radius 3 is 2.36 bits per heavy atom. The fourth-order valence-corrected chi connectivity index (χ4v) is 2.41. The summed E-state index contributed by atoms with van der Waals surface area (Å²) in [5, 5.41) is 11.7. The first-order valence-electron chi connectivity index (χ1n) is 7.74. The van der Waals surface area contributed by atoms with E-state index in [4.69, 9.17) is 15.6 Å². The van der Waals surface area contributed by atoms with Crippen molar-refractivity contribution in [1.82, 2.24) is 5.32 Å². The van der Waals surface area contributed by atoms with Gasteiger partial charge in [0.1, 0.15) is 5.75 Å². The van der Waals surface area contributed by atoms with E-state index < -0.39 is 12.1 Å². The van der Waals surface area contributed by atoms with Gasteiger partial charge in [-0.2, -0.15) is 0 Å². The van der Waals surface area contributed by atoms with Gasteiger partial charge in [-0.15, -0.1) is 0 Å². The largest absolute Gasteiger partial charge is 0.490 e. The van der Waals surface area contributed by atoms with Crippen molar-refractivity contribution in [3.05, 3.63) is 23.8 Å². The van der Waals surface area contributed by atoms with Gasteiger partial charge in [-0.25, -0.2) is 4.79 Å². The van der Waals surface area contributed by atoms with Crippen LogP contribution in [-0.4, -0.2) is 17.3 Å². The van der Waals surface area contributed by atoms with Crippen molar-refractivity contribution in [2.45, 2.75) is 59.6 Å². The minimum atomic E-state index is -1.06. The Labute approximate surface area is 132 Å². The van der Waals surface area contributed by atoms with Gasteiger partial charge in [0.05, 0.1) is 12.1 Å². The highest BCUT2D eigenvalue weighted by Gasteiger charge is 2.29. The zero-order valence-electron chi connectivity index (χ0n) is 14.1. The van der Waals surface area contributed by atoms with Gasteiger partial charge in [-0.05, 0) is 36.5 Å². The van der Waals surface area contributed by atoms with Crippen LogP contribution in [0.3, 0.4) is 0 Å². The van der Waals surface area contributed by atoms with E-state index in [1.54, 1.807) is 6.07 Å². The predicted octanol–water partition coefficient (Wildman–Crippen LogP) is 4.19. The van der Waals surface area contributed by atoms with Crippen LogP contribution >= 0.6 is 0 Å². The van der Waals surface area contributed by atoms with Crippen molar-refractivity contribution < 1.29 is 14.6 Å². The lowest BCUT2D eigenvalue weighted by Crippen LogP contribution is -2.36. The molecule has 0 aromatic heterocycles. The topological polar surface area (TPSA) is 84.6 Å². The molecule has 1 amide bonds. The second kappa shape index (κ2) is 7.38. The van der Waals surface area contributed by atoms with Gasteiger partial charge in [0.2, 0.25) is 0 Å². The Morgan fingerprint density at radius 2 is 1.91 bits per heavy atom. The lowest BCUT2D eigenvalue weighted by atomic mass is 9.81. The van der Waals surface area contributed by atoms with Crippen LogP contribution in [0.1, 0.15) is 59.1 Å². The fraction of sp³-hybridized carbons (Fsp3) is 0.588. The summed E-state index contributed by atoms with van der Waals surface area (Å²) in [5.41, 5.74) is 7.07.